The van der Waals surface area contributed by atoms with Crippen LogP contribution in [-0.2, 0) is 9.53 Å². The van der Waals surface area contributed by atoms with E-state index in [1.165, 1.54) is 7.11 Å². The Kier molecular flexibility index (Phi) is 5.70. The van der Waals surface area contributed by atoms with E-state index in [4.69, 9.17) is 4.74 Å². The molecule has 0 N–H and O–H groups in total. The second-order valence-electron chi connectivity index (χ2n) is 5.94. The summed E-state index contributed by atoms with van der Waals surface area (Å²) in [5.41, 5.74) is 0.904. The third-order valence-corrected chi connectivity index (χ3v) is 3.82. The summed E-state index contributed by atoms with van der Waals surface area (Å²) in [6, 6.07) is 3.46. The van der Waals surface area contributed by atoms with E-state index < -0.39 is 0 Å². The molecule has 5 nitrogen and oxygen atoms in total. The van der Waals surface area contributed by atoms with Gasteiger partial charge in [0, 0.05) is 45.1 Å². The fourth-order valence-electron chi connectivity index (χ4n) is 2.87. The highest BCUT2D eigenvalue weighted by Gasteiger charge is 2.31. The highest BCUT2D eigenvalue weighted by atomic mass is 16.5. The molecule has 116 valence electrons. The molecule has 1 aliphatic rings. The molecule has 1 aliphatic heterocycles. The van der Waals surface area contributed by atoms with Gasteiger partial charge in [0.25, 0.3) is 0 Å². The number of carbonyl (C=O) groups excluding carboxylic acids is 1. The maximum absolute atomic E-state index is 12.2. The number of hydrogen-bond acceptors (Lipinski definition) is 5. The summed E-state index contributed by atoms with van der Waals surface area (Å²) in [5, 5.41) is 0. The quantitative estimate of drug-likeness (QED) is 0.771. The van der Waals surface area contributed by atoms with Crippen LogP contribution < -0.4 is 0 Å². The van der Waals surface area contributed by atoms with Gasteiger partial charge in [0.2, 0.25) is 0 Å². The molecule has 0 spiro atoms. The first-order valence-corrected chi connectivity index (χ1v) is 7.56. The van der Waals surface area contributed by atoms with Gasteiger partial charge in [-0.3, -0.25) is 9.88 Å². The molecule has 0 aromatic carbocycles. The van der Waals surface area contributed by atoms with Crippen LogP contribution in [0.2, 0.25) is 0 Å². The Balaban J connectivity index is 2.05. The monoisotopic (exact) mass is 291 g/mol. The molecule has 21 heavy (non-hydrogen) atoms. The number of methoxy groups -OCH3 is 1. The molecule has 0 unspecified atom stereocenters. The first-order valence-electron chi connectivity index (χ1n) is 7.56. The van der Waals surface area contributed by atoms with Crippen molar-refractivity contribution in [1.29, 1.82) is 0 Å². The normalized spacial score (nSPS) is 18.7. The second kappa shape index (κ2) is 7.52. The van der Waals surface area contributed by atoms with E-state index in [2.05, 4.69) is 28.6 Å². The van der Waals surface area contributed by atoms with Crippen molar-refractivity contribution in [3.63, 3.8) is 0 Å². The summed E-state index contributed by atoms with van der Waals surface area (Å²) in [4.78, 5) is 20.9. The Morgan fingerprint density at radius 2 is 2.05 bits per heavy atom. The molecule has 2 rings (SSSR count). The number of hydrogen-bond donors (Lipinski definition) is 0. The topological polar surface area (TPSA) is 45.7 Å². The van der Waals surface area contributed by atoms with Crippen molar-refractivity contribution in [2.75, 3.05) is 39.8 Å². The number of piperazine rings is 1. The average molecular weight is 291 g/mol. The van der Waals surface area contributed by atoms with Crippen LogP contribution in [0.15, 0.2) is 24.5 Å². The molecule has 0 saturated carbocycles. The van der Waals surface area contributed by atoms with Gasteiger partial charge in [-0.2, -0.15) is 0 Å². The van der Waals surface area contributed by atoms with Gasteiger partial charge >= 0.3 is 5.97 Å². The first-order chi connectivity index (χ1) is 10.1. The van der Waals surface area contributed by atoms with Crippen molar-refractivity contribution >= 4 is 5.97 Å². The lowest BCUT2D eigenvalue weighted by Gasteiger charge is -2.38. The van der Waals surface area contributed by atoms with E-state index >= 15 is 0 Å². The predicted molar refractivity (Wildman–Crippen MR) is 81.8 cm³/mol. The van der Waals surface area contributed by atoms with Gasteiger partial charge in [0.1, 0.15) is 6.04 Å². The Morgan fingerprint density at radius 1 is 1.33 bits per heavy atom. The number of aromatic nitrogens is 1. The van der Waals surface area contributed by atoms with Crippen molar-refractivity contribution in [1.82, 2.24) is 14.8 Å². The number of pyridine rings is 1. The molecule has 0 amide bonds. The predicted octanol–water partition coefficient (Wildman–Crippen LogP) is 1.57. The molecule has 2 heterocycles. The van der Waals surface area contributed by atoms with Crippen molar-refractivity contribution in [3.8, 4) is 0 Å². The minimum atomic E-state index is -0.343. The van der Waals surface area contributed by atoms with Crippen LogP contribution in [0.5, 0.6) is 0 Å². The van der Waals surface area contributed by atoms with Gasteiger partial charge in [0.15, 0.2) is 0 Å². The van der Waals surface area contributed by atoms with Crippen molar-refractivity contribution in [2.45, 2.75) is 19.9 Å². The highest BCUT2D eigenvalue weighted by Crippen LogP contribution is 2.23. The van der Waals surface area contributed by atoms with Gasteiger partial charge in [-0.15, -0.1) is 0 Å². The van der Waals surface area contributed by atoms with E-state index in [0.717, 1.165) is 38.3 Å². The van der Waals surface area contributed by atoms with Gasteiger partial charge in [-0.05, 0) is 17.5 Å². The van der Waals surface area contributed by atoms with E-state index in [9.17, 15) is 4.79 Å². The number of rotatable bonds is 5. The molecule has 1 saturated heterocycles. The highest BCUT2D eigenvalue weighted by molar-refractivity contribution is 5.77. The molecular formula is C16H25N3O2. The number of nitrogens with zero attached hydrogens (tertiary/aromatic N) is 3. The van der Waals surface area contributed by atoms with Crippen LogP contribution in [0.1, 0.15) is 25.5 Å². The van der Waals surface area contributed by atoms with Crippen LogP contribution in [-0.4, -0.2) is 60.6 Å². The molecule has 1 fully saturated rings. The van der Waals surface area contributed by atoms with Gasteiger partial charge in [0.05, 0.1) is 7.11 Å². The Morgan fingerprint density at radius 3 is 2.57 bits per heavy atom. The van der Waals surface area contributed by atoms with E-state index in [1.54, 1.807) is 12.4 Å². The standard InChI is InChI=1S/C16H25N3O2/c1-13(2)12-18-7-9-19(10-8-18)15(16(20)21-3)14-5-4-6-17-11-14/h4-6,11,13,15H,7-10,12H2,1-3H3/t15-/m0/s1. The first kappa shape index (κ1) is 15.9. The summed E-state index contributed by atoms with van der Waals surface area (Å²) in [6.45, 7) is 9.32. The maximum atomic E-state index is 12.2. The summed E-state index contributed by atoms with van der Waals surface area (Å²) < 4.78 is 4.99. The van der Waals surface area contributed by atoms with Crippen LogP contribution in [0.3, 0.4) is 0 Å². The Hall–Kier alpha value is -1.46. The zero-order valence-electron chi connectivity index (χ0n) is 13.2. The van der Waals surface area contributed by atoms with E-state index in [-0.39, 0.29) is 12.0 Å². The zero-order valence-corrected chi connectivity index (χ0v) is 13.2. The Bertz CT molecular complexity index is 442. The maximum Gasteiger partial charge on any atom is 0.327 e. The molecule has 0 bridgehead atoms. The van der Waals surface area contributed by atoms with Gasteiger partial charge in [-0.25, -0.2) is 4.79 Å². The molecule has 0 radical (unpaired) electrons. The fourth-order valence-corrected chi connectivity index (χ4v) is 2.87. The second-order valence-corrected chi connectivity index (χ2v) is 5.94. The largest absolute Gasteiger partial charge is 0.468 e. The van der Waals surface area contributed by atoms with Gasteiger partial charge < -0.3 is 9.64 Å². The molecular weight excluding hydrogens is 266 g/mol. The third-order valence-electron chi connectivity index (χ3n) is 3.82. The molecule has 1 aromatic rings. The lowest BCUT2D eigenvalue weighted by molar-refractivity contribution is -0.148. The van der Waals surface area contributed by atoms with E-state index in [0.29, 0.717) is 5.92 Å². The SMILES string of the molecule is COC(=O)[C@H](c1cccnc1)N1CCN(CC(C)C)CC1. The van der Waals surface area contributed by atoms with Crippen molar-refractivity contribution in [2.24, 2.45) is 5.92 Å². The smallest absolute Gasteiger partial charge is 0.327 e. The lowest BCUT2D eigenvalue weighted by Crippen LogP contribution is -2.50. The summed E-state index contributed by atoms with van der Waals surface area (Å²) in [6.07, 6.45) is 3.47. The minimum absolute atomic E-state index is 0.208. The number of carbonyl (C=O) groups is 1. The van der Waals surface area contributed by atoms with Gasteiger partial charge in [-0.1, -0.05) is 19.9 Å². The molecule has 5 heteroatoms. The van der Waals surface area contributed by atoms with Crippen LogP contribution >= 0.6 is 0 Å². The Labute approximate surface area is 126 Å². The lowest BCUT2D eigenvalue weighted by atomic mass is 10.1. The van der Waals surface area contributed by atoms with Crippen LogP contribution in [0, 0.1) is 5.92 Å². The van der Waals surface area contributed by atoms with Crippen molar-refractivity contribution in [3.05, 3.63) is 30.1 Å². The van der Waals surface area contributed by atoms with E-state index in [1.807, 2.05) is 12.1 Å². The summed E-state index contributed by atoms with van der Waals surface area (Å²) in [7, 11) is 1.45. The van der Waals surface area contributed by atoms with Crippen LogP contribution in [0.25, 0.3) is 0 Å². The summed E-state index contributed by atoms with van der Waals surface area (Å²) >= 11 is 0. The zero-order chi connectivity index (χ0) is 15.2. The number of esters is 1. The average Bonchev–Trinajstić information content (AvgIpc) is 2.49. The molecule has 0 aliphatic carbocycles. The summed E-state index contributed by atoms with van der Waals surface area (Å²) in [5.74, 6) is 0.464. The third kappa shape index (κ3) is 4.25. The van der Waals surface area contributed by atoms with Crippen LogP contribution in [0.4, 0.5) is 0 Å². The van der Waals surface area contributed by atoms with Crippen molar-refractivity contribution < 1.29 is 9.53 Å². The molecule has 1 atom stereocenters. The fraction of sp³-hybridized carbons (Fsp3) is 0.625. The molecule has 1 aromatic heterocycles. The minimum Gasteiger partial charge on any atom is -0.468 e. The number of ether oxygens (including phenoxy) is 1.